The van der Waals surface area contributed by atoms with Crippen LogP contribution >= 0.6 is 0 Å². The van der Waals surface area contributed by atoms with Gasteiger partial charge < -0.3 is 20.1 Å². The number of hydrogen-bond donors (Lipinski definition) is 2. The van der Waals surface area contributed by atoms with Gasteiger partial charge in [-0.2, -0.15) is 0 Å². The van der Waals surface area contributed by atoms with Crippen molar-refractivity contribution in [1.82, 2.24) is 5.32 Å². The highest BCUT2D eigenvalue weighted by Gasteiger charge is 2.13. The minimum Gasteiger partial charge on any atom is -0.491 e. The van der Waals surface area contributed by atoms with Gasteiger partial charge in [0.25, 0.3) is 11.8 Å². The molecule has 7 heteroatoms. The monoisotopic (exact) mass is 564 g/mol. The maximum atomic E-state index is 13.0. The van der Waals surface area contributed by atoms with Gasteiger partial charge in [0.1, 0.15) is 5.75 Å². The summed E-state index contributed by atoms with van der Waals surface area (Å²) >= 11 is 0. The summed E-state index contributed by atoms with van der Waals surface area (Å²) in [5, 5.41) is 5.91. The van der Waals surface area contributed by atoms with Crippen LogP contribution in [0.1, 0.15) is 58.9 Å². The molecule has 2 amide bonds. The first-order chi connectivity index (χ1) is 20.5. The van der Waals surface area contributed by atoms with Crippen LogP contribution in [0.3, 0.4) is 0 Å². The summed E-state index contributed by atoms with van der Waals surface area (Å²) in [6.45, 7) is 3.01. The van der Waals surface area contributed by atoms with Crippen LogP contribution in [0, 0.1) is 0 Å². The summed E-state index contributed by atoms with van der Waals surface area (Å²) in [6.07, 6.45) is 2.80. The molecule has 0 radical (unpaired) electrons. The molecule has 216 valence electrons. The first-order valence-corrected chi connectivity index (χ1v) is 14.3. The molecule has 0 spiro atoms. The van der Waals surface area contributed by atoms with Crippen LogP contribution in [0.2, 0.25) is 0 Å². The Balaban J connectivity index is 1.27. The van der Waals surface area contributed by atoms with Crippen LogP contribution in [0.4, 0.5) is 5.69 Å². The Kier molecular flexibility index (Phi) is 11.3. The Morgan fingerprint density at radius 1 is 0.714 bits per heavy atom. The van der Waals surface area contributed by atoms with Crippen molar-refractivity contribution >= 4 is 23.5 Å². The molecule has 0 saturated carbocycles. The lowest BCUT2D eigenvalue weighted by Crippen LogP contribution is -2.23. The van der Waals surface area contributed by atoms with Gasteiger partial charge in [0.2, 0.25) is 0 Å². The fourth-order valence-electron chi connectivity index (χ4n) is 4.46. The molecule has 0 unspecified atom stereocenters. The number of carbonyl (C=O) groups excluding carboxylic acids is 3. The fraction of sp³-hybridized carbons (Fsp3) is 0.229. The Bertz CT molecular complexity index is 1470. The van der Waals surface area contributed by atoms with Crippen molar-refractivity contribution in [1.29, 1.82) is 0 Å². The van der Waals surface area contributed by atoms with E-state index in [0.717, 1.165) is 36.0 Å². The van der Waals surface area contributed by atoms with Crippen molar-refractivity contribution in [2.75, 3.05) is 18.5 Å². The first-order valence-electron chi connectivity index (χ1n) is 14.3. The Labute approximate surface area is 246 Å². The molecule has 2 N–H and O–H groups in total. The second kappa shape index (κ2) is 15.8. The van der Waals surface area contributed by atoms with Crippen LogP contribution < -0.4 is 15.4 Å². The third kappa shape index (κ3) is 8.80. The number of benzene rings is 4. The van der Waals surface area contributed by atoms with Crippen LogP contribution in [-0.4, -0.2) is 31.0 Å². The molecular formula is C35H36N2O5. The van der Waals surface area contributed by atoms with Crippen molar-refractivity contribution in [3.63, 3.8) is 0 Å². The van der Waals surface area contributed by atoms with Crippen LogP contribution in [0.25, 0.3) is 11.1 Å². The quantitative estimate of drug-likeness (QED) is 0.127. The molecule has 0 aliphatic rings. The number of anilines is 1. The van der Waals surface area contributed by atoms with Crippen molar-refractivity contribution in [2.45, 2.75) is 39.2 Å². The predicted molar refractivity (Wildman–Crippen MR) is 164 cm³/mol. The van der Waals surface area contributed by atoms with E-state index in [2.05, 4.69) is 10.6 Å². The summed E-state index contributed by atoms with van der Waals surface area (Å²) in [6, 6.07) is 31.8. The highest BCUT2D eigenvalue weighted by Crippen LogP contribution is 2.25. The number of para-hydroxylation sites is 2. The number of unbranched alkanes of at least 4 members (excludes halogenated alkanes) is 2. The summed E-state index contributed by atoms with van der Waals surface area (Å²) < 4.78 is 10.8. The second-order valence-electron chi connectivity index (χ2n) is 9.71. The van der Waals surface area contributed by atoms with Gasteiger partial charge >= 0.3 is 5.97 Å². The predicted octanol–water partition coefficient (Wildman–Crippen LogP) is 7.04. The molecule has 4 aromatic rings. The second-order valence-corrected chi connectivity index (χ2v) is 9.71. The SMILES string of the molecule is CCOC(=O)CCCCCOc1ccccc1NC(=O)c1ccc(CNC(=O)c2ccccc2-c2ccccc2)cc1. The van der Waals surface area contributed by atoms with Gasteiger partial charge in [-0.25, -0.2) is 0 Å². The zero-order chi connectivity index (χ0) is 29.6. The Hall–Kier alpha value is -4.91. The normalized spacial score (nSPS) is 10.5. The number of nitrogens with one attached hydrogen (secondary N) is 2. The highest BCUT2D eigenvalue weighted by atomic mass is 16.5. The average Bonchev–Trinajstić information content (AvgIpc) is 3.03. The molecule has 0 aromatic heterocycles. The average molecular weight is 565 g/mol. The summed E-state index contributed by atoms with van der Waals surface area (Å²) in [7, 11) is 0. The standard InChI is InChI=1S/C35H36N2O5/c1-2-41-33(38)19-7-4-12-24-42-32-18-11-10-17-31(32)37-34(39)28-22-20-26(21-23-28)25-36-35(40)30-16-9-8-15-29(30)27-13-5-3-6-14-27/h3,5-6,8-11,13-18,20-23H,2,4,7,12,19,24-25H2,1H3,(H,36,40)(H,37,39). The maximum absolute atomic E-state index is 13.0. The molecule has 42 heavy (non-hydrogen) atoms. The Morgan fingerprint density at radius 2 is 1.43 bits per heavy atom. The van der Waals surface area contributed by atoms with E-state index in [9.17, 15) is 14.4 Å². The number of esters is 1. The highest BCUT2D eigenvalue weighted by molar-refractivity contribution is 6.05. The molecule has 0 bridgehead atoms. The first kappa shape index (κ1) is 30.1. The zero-order valence-electron chi connectivity index (χ0n) is 23.8. The third-order valence-corrected chi connectivity index (χ3v) is 6.65. The van der Waals surface area contributed by atoms with Crippen molar-refractivity contribution in [2.24, 2.45) is 0 Å². The summed E-state index contributed by atoms with van der Waals surface area (Å²) in [5.74, 6) is -0.0000283. The smallest absolute Gasteiger partial charge is 0.305 e. The molecular weight excluding hydrogens is 528 g/mol. The molecule has 7 nitrogen and oxygen atoms in total. The van der Waals surface area contributed by atoms with Gasteiger partial charge in [0.05, 0.1) is 18.9 Å². The van der Waals surface area contributed by atoms with Crippen molar-refractivity contribution in [3.8, 4) is 16.9 Å². The molecule has 0 aliphatic carbocycles. The lowest BCUT2D eigenvalue weighted by Gasteiger charge is -2.13. The number of carbonyl (C=O) groups is 3. The van der Waals surface area contributed by atoms with E-state index >= 15 is 0 Å². The minimum absolute atomic E-state index is 0.160. The Morgan fingerprint density at radius 3 is 2.21 bits per heavy atom. The van der Waals surface area contributed by atoms with Gasteiger partial charge in [-0.15, -0.1) is 0 Å². The van der Waals surface area contributed by atoms with Crippen molar-refractivity contribution in [3.05, 3.63) is 120 Å². The molecule has 0 saturated heterocycles. The number of hydrogen-bond acceptors (Lipinski definition) is 5. The van der Waals surface area contributed by atoms with E-state index in [0.29, 0.717) is 48.7 Å². The molecule has 0 atom stereocenters. The van der Waals surface area contributed by atoms with Crippen LogP contribution in [-0.2, 0) is 16.1 Å². The number of amides is 2. The molecule has 0 heterocycles. The number of ether oxygens (including phenoxy) is 2. The van der Waals surface area contributed by atoms with Gasteiger partial charge in [0, 0.05) is 24.1 Å². The van der Waals surface area contributed by atoms with Gasteiger partial charge in [0.15, 0.2) is 0 Å². The molecule has 0 fully saturated rings. The lowest BCUT2D eigenvalue weighted by atomic mass is 9.99. The minimum atomic E-state index is -0.257. The fourth-order valence-corrected chi connectivity index (χ4v) is 4.46. The number of rotatable bonds is 14. The molecule has 4 rings (SSSR count). The lowest BCUT2D eigenvalue weighted by molar-refractivity contribution is -0.143. The maximum Gasteiger partial charge on any atom is 0.305 e. The van der Waals surface area contributed by atoms with E-state index in [-0.39, 0.29) is 17.8 Å². The van der Waals surface area contributed by atoms with Crippen LogP contribution in [0.5, 0.6) is 5.75 Å². The van der Waals surface area contributed by atoms with E-state index in [1.54, 1.807) is 25.1 Å². The topological polar surface area (TPSA) is 93.7 Å². The van der Waals surface area contributed by atoms with Crippen molar-refractivity contribution < 1.29 is 23.9 Å². The third-order valence-electron chi connectivity index (χ3n) is 6.65. The molecule has 0 aliphatic heterocycles. The molecule has 4 aromatic carbocycles. The largest absolute Gasteiger partial charge is 0.491 e. The van der Waals surface area contributed by atoms with E-state index in [4.69, 9.17) is 9.47 Å². The zero-order valence-corrected chi connectivity index (χ0v) is 23.8. The van der Waals surface area contributed by atoms with E-state index in [1.165, 1.54) is 0 Å². The van der Waals surface area contributed by atoms with Gasteiger partial charge in [-0.3, -0.25) is 14.4 Å². The van der Waals surface area contributed by atoms with Gasteiger partial charge in [-0.05, 0) is 73.2 Å². The van der Waals surface area contributed by atoms with E-state index in [1.807, 2.05) is 84.9 Å². The summed E-state index contributed by atoms with van der Waals surface area (Å²) in [4.78, 5) is 37.4. The van der Waals surface area contributed by atoms with Gasteiger partial charge in [-0.1, -0.05) is 72.8 Å². The van der Waals surface area contributed by atoms with E-state index < -0.39 is 0 Å². The van der Waals surface area contributed by atoms with Crippen LogP contribution in [0.15, 0.2) is 103 Å². The summed E-state index contributed by atoms with van der Waals surface area (Å²) in [5.41, 5.74) is 4.43.